The Kier molecular flexibility index (Phi) is 6.15. The van der Waals surface area contributed by atoms with E-state index >= 15 is 0 Å². The second kappa shape index (κ2) is 8.54. The molecule has 2 atom stereocenters. The van der Waals surface area contributed by atoms with Crippen LogP contribution >= 0.6 is 0 Å². The smallest absolute Gasteiger partial charge is 0.321 e. The summed E-state index contributed by atoms with van der Waals surface area (Å²) in [7, 11) is 1.65. The summed E-state index contributed by atoms with van der Waals surface area (Å²) in [6.45, 7) is 6.42. The maximum Gasteiger partial charge on any atom is 0.321 e. The normalized spacial score (nSPS) is 23.0. The Hall–Kier alpha value is -1.79. The molecule has 0 unspecified atom stereocenters. The number of methoxy groups -OCH3 is 1. The Bertz CT molecular complexity index is 587. The Labute approximate surface area is 149 Å². The fourth-order valence-corrected chi connectivity index (χ4v) is 3.58. The van der Waals surface area contributed by atoms with Gasteiger partial charge in [0.1, 0.15) is 12.4 Å². The Balaban J connectivity index is 1.52. The van der Waals surface area contributed by atoms with Gasteiger partial charge in [0, 0.05) is 39.1 Å². The first-order chi connectivity index (χ1) is 12.2. The summed E-state index contributed by atoms with van der Waals surface area (Å²) in [6.07, 6.45) is 2.20. The van der Waals surface area contributed by atoms with Crippen LogP contribution in [0, 0.1) is 18.8 Å². The maximum atomic E-state index is 12.6. The molecule has 0 aromatic heterocycles. The third kappa shape index (κ3) is 4.64. The van der Waals surface area contributed by atoms with E-state index in [0.717, 1.165) is 56.1 Å². The predicted octanol–water partition coefficient (Wildman–Crippen LogP) is 2.91. The first-order valence-corrected chi connectivity index (χ1v) is 9.03. The fraction of sp³-hybridized carbons (Fsp3) is 0.632. The molecule has 2 aliphatic rings. The third-order valence-electron chi connectivity index (χ3n) is 5.14. The monoisotopic (exact) mass is 348 g/mol. The van der Waals surface area contributed by atoms with Crippen molar-refractivity contribution in [3.05, 3.63) is 23.8 Å². The highest BCUT2D eigenvalue weighted by Gasteiger charge is 2.33. The van der Waals surface area contributed by atoms with Gasteiger partial charge < -0.3 is 24.4 Å². The molecule has 0 radical (unpaired) electrons. The molecule has 0 spiro atoms. The highest BCUT2D eigenvalue weighted by atomic mass is 16.5. The van der Waals surface area contributed by atoms with Gasteiger partial charge in [0.2, 0.25) is 0 Å². The highest BCUT2D eigenvalue weighted by Crippen LogP contribution is 2.30. The number of nitrogens with one attached hydrogen (secondary N) is 1. The van der Waals surface area contributed by atoms with Crippen LogP contribution in [0.1, 0.15) is 18.4 Å². The number of likely N-dealkylation sites (tertiary alicyclic amines) is 1. The van der Waals surface area contributed by atoms with Crippen molar-refractivity contribution < 1.29 is 19.0 Å². The number of nitrogens with zero attached hydrogens (tertiary/aromatic N) is 1. The Morgan fingerprint density at radius 3 is 2.92 bits per heavy atom. The maximum absolute atomic E-state index is 12.6. The summed E-state index contributed by atoms with van der Waals surface area (Å²) in [6, 6.07) is 5.69. The van der Waals surface area contributed by atoms with Crippen LogP contribution < -0.4 is 10.1 Å². The van der Waals surface area contributed by atoms with Gasteiger partial charge in [-0.15, -0.1) is 0 Å². The topological polar surface area (TPSA) is 60.0 Å². The van der Waals surface area contributed by atoms with Crippen LogP contribution in [0.4, 0.5) is 10.5 Å². The van der Waals surface area contributed by atoms with Crippen molar-refractivity contribution in [1.29, 1.82) is 0 Å². The van der Waals surface area contributed by atoms with Crippen LogP contribution in [0.25, 0.3) is 0 Å². The largest absolute Gasteiger partial charge is 0.491 e. The van der Waals surface area contributed by atoms with Gasteiger partial charge in [-0.2, -0.15) is 0 Å². The van der Waals surface area contributed by atoms with Crippen LogP contribution in [0.3, 0.4) is 0 Å². The standard InChI is InChI=1S/C19H28N2O4/c1-14-11-17(25-10-9-23-2)3-4-18(14)20-19(22)21-7-5-15(12-21)16-6-8-24-13-16/h3-4,11,15-16H,5-10,12-13H2,1-2H3,(H,20,22)/t15-,16+/m0/s1. The molecule has 0 saturated carbocycles. The van der Waals surface area contributed by atoms with Crippen molar-refractivity contribution in [1.82, 2.24) is 4.90 Å². The number of carbonyl (C=O) groups is 1. The van der Waals surface area contributed by atoms with Gasteiger partial charge in [-0.05, 0) is 55.4 Å². The lowest BCUT2D eigenvalue weighted by atomic mass is 9.91. The van der Waals surface area contributed by atoms with E-state index in [1.54, 1.807) is 7.11 Å². The van der Waals surface area contributed by atoms with Gasteiger partial charge in [-0.25, -0.2) is 4.79 Å². The quantitative estimate of drug-likeness (QED) is 0.803. The summed E-state index contributed by atoms with van der Waals surface area (Å²) < 4.78 is 16.1. The molecular formula is C19H28N2O4. The average Bonchev–Trinajstić information content (AvgIpc) is 3.28. The van der Waals surface area contributed by atoms with Gasteiger partial charge in [0.15, 0.2) is 0 Å². The zero-order chi connectivity index (χ0) is 17.6. The van der Waals surface area contributed by atoms with Crippen molar-refractivity contribution in [3.63, 3.8) is 0 Å². The average molecular weight is 348 g/mol. The van der Waals surface area contributed by atoms with Gasteiger partial charge in [0.05, 0.1) is 6.61 Å². The molecule has 0 bridgehead atoms. The summed E-state index contributed by atoms with van der Waals surface area (Å²) in [4.78, 5) is 14.5. The van der Waals surface area contributed by atoms with Crippen molar-refractivity contribution in [2.75, 3.05) is 51.9 Å². The number of aryl methyl sites for hydroxylation is 1. The zero-order valence-electron chi connectivity index (χ0n) is 15.1. The van der Waals surface area contributed by atoms with Gasteiger partial charge in [-0.1, -0.05) is 0 Å². The van der Waals surface area contributed by atoms with Crippen LogP contribution in [0.15, 0.2) is 18.2 Å². The van der Waals surface area contributed by atoms with Gasteiger partial charge in [-0.3, -0.25) is 0 Å². The SMILES string of the molecule is COCCOc1ccc(NC(=O)N2CC[C@H]([C@@H]3CCOC3)C2)c(C)c1. The summed E-state index contributed by atoms with van der Waals surface area (Å²) in [5, 5.41) is 3.03. The van der Waals surface area contributed by atoms with Crippen LogP contribution in [-0.2, 0) is 9.47 Å². The minimum absolute atomic E-state index is 0.0161. The number of anilines is 1. The van der Waals surface area contributed by atoms with E-state index in [9.17, 15) is 4.79 Å². The number of hydrogen-bond acceptors (Lipinski definition) is 4. The molecule has 138 valence electrons. The molecule has 2 saturated heterocycles. The molecule has 6 nitrogen and oxygen atoms in total. The van der Waals surface area contributed by atoms with Crippen molar-refractivity contribution in [2.24, 2.45) is 11.8 Å². The minimum atomic E-state index is -0.0161. The number of rotatable bonds is 6. The number of benzene rings is 1. The number of carbonyl (C=O) groups excluding carboxylic acids is 1. The Morgan fingerprint density at radius 2 is 2.20 bits per heavy atom. The number of urea groups is 1. The molecule has 1 aromatic carbocycles. The highest BCUT2D eigenvalue weighted by molar-refractivity contribution is 5.90. The third-order valence-corrected chi connectivity index (χ3v) is 5.14. The zero-order valence-corrected chi connectivity index (χ0v) is 15.1. The molecule has 25 heavy (non-hydrogen) atoms. The van der Waals surface area contributed by atoms with E-state index in [-0.39, 0.29) is 6.03 Å². The van der Waals surface area contributed by atoms with E-state index in [2.05, 4.69) is 5.32 Å². The lowest BCUT2D eigenvalue weighted by Gasteiger charge is -2.20. The second-order valence-corrected chi connectivity index (χ2v) is 6.87. The molecule has 2 fully saturated rings. The number of hydrogen-bond donors (Lipinski definition) is 1. The minimum Gasteiger partial charge on any atom is -0.491 e. The number of amides is 2. The predicted molar refractivity (Wildman–Crippen MR) is 96.2 cm³/mol. The van der Waals surface area contributed by atoms with Crippen molar-refractivity contribution >= 4 is 11.7 Å². The molecular weight excluding hydrogens is 320 g/mol. The van der Waals surface area contributed by atoms with Crippen LogP contribution in [-0.4, -0.2) is 57.6 Å². The summed E-state index contributed by atoms with van der Waals surface area (Å²) in [5.74, 6) is 1.98. The molecule has 1 N–H and O–H groups in total. The molecule has 1 aromatic rings. The Morgan fingerprint density at radius 1 is 1.32 bits per heavy atom. The molecule has 3 rings (SSSR count). The van der Waals surface area contributed by atoms with Gasteiger partial charge in [0.25, 0.3) is 0 Å². The molecule has 2 heterocycles. The van der Waals surface area contributed by atoms with E-state index in [0.29, 0.717) is 25.0 Å². The summed E-state index contributed by atoms with van der Waals surface area (Å²) >= 11 is 0. The van der Waals surface area contributed by atoms with Crippen LogP contribution in [0.2, 0.25) is 0 Å². The molecule has 2 aliphatic heterocycles. The first-order valence-electron chi connectivity index (χ1n) is 9.03. The lowest BCUT2D eigenvalue weighted by Crippen LogP contribution is -2.34. The van der Waals surface area contributed by atoms with E-state index in [1.165, 1.54) is 0 Å². The van der Waals surface area contributed by atoms with E-state index < -0.39 is 0 Å². The van der Waals surface area contributed by atoms with Gasteiger partial charge >= 0.3 is 6.03 Å². The second-order valence-electron chi connectivity index (χ2n) is 6.87. The molecule has 0 aliphatic carbocycles. The molecule has 6 heteroatoms. The number of ether oxygens (including phenoxy) is 3. The van der Waals surface area contributed by atoms with Crippen molar-refractivity contribution in [2.45, 2.75) is 19.8 Å². The van der Waals surface area contributed by atoms with E-state index in [1.807, 2.05) is 30.0 Å². The fourth-order valence-electron chi connectivity index (χ4n) is 3.58. The first kappa shape index (κ1) is 18.0. The summed E-state index contributed by atoms with van der Waals surface area (Å²) in [5.41, 5.74) is 1.82. The lowest BCUT2D eigenvalue weighted by molar-refractivity contribution is 0.146. The molecule has 2 amide bonds. The van der Waals surface area contributed by atoms with Crippen LogP contribution in [0.5, 0.6) is 5.75 Å². The van der Waals surface area contributed by atoms with E-state index in [4.69, 9.17) is 14.2 Å². The van der Waals surface area contributed by atoms with Crippen molar-refractivity contribution in [3.8, 4) is 5.75 Å².